The third-order valence-corrected chi connectivity index (χ3v) is 2.02. The molecule has 1 fully saturated rings. The van der Waals surface area contributed by atoms with E-state index in [0.717, 1.165) is 0 Å². The van der Waals surface area contributed by atoms with Gasteiger partial charge in [0.2, 0.25) is 0 Å². The third kappa shape index (κ3) is 2.38. The van der Waals surface area contributed by atoms with Gasteiger partial charge in [-0.2, -0.15) is 0 Å². The molecule has 0 atom stereocenters. The molecule has 0 aliphatic heterocycles. The molecule has 0 heteroatoms. The molecule has 0 N–H and O–H groups in total. The summed E-state index contributed by atoms with van der Waals surface area (Å²) in [6.07, 6.45) is 13.5. The van der Waals surface area contributed by atoms with Crippen LogP contribution in [0.3, 0.4) is 0 Å². The van der Waals surface area contributed by atoms with Crippen LogP contribution in [-0.2, 0) is 0 Å². The Balaban J connectivity index is 2.37. The molecule has 0 nitrogen and oxygen atoms in total. The predicted octanol–water partition coefficient (Wildman–Crippen LogP) is 3.45. The summed E-state index contributed by atoms with van der Waals surface area (Å²) in [6.45, 7) is 2.07. The Hall–Kier alpha value is -0.520. The first-order valence-electron chi connectivity index (χ1n) is 4.24. The van der Waals surface area contributed by atoms with Gasteiger partial charge in [-0.3, -0.25) is 0 Å². The first kappa shape index (κ1) is 7.59. The van der Waals surface area contributed by atoms with Crippen LogP contribution in [0, 0.1) is 0 Å². The van der Waals surface area contributed by atoms with Crippen LogP contribution in [-0.4, -0.2) is 0 Å². The van der Waals surface area contributed by atoms with Crippen molar-refractivity contribution in [1.82, 2.24) is 0 Å². The summed E-state index contributed by atoms with van der Waals surface area (Å²) in [5.41, 5.74) is 1.64. The maximum Gasteiger partial charge on any atom is -0.0317 e. The summed E-state index contributed by atoms with van der Waals surface area (Å²) < 4.78 is 0. The summed E-state index contributed by atoms with van der Waals surface area (Å²) in [4.78, 5) is 0. The first-order valence-corrected chi connectivity index (χ1v) is 4.24. The SMILES string of the molecule is C/C=C/C=C1CCCCC1. The van der Waals surface area contributed by atoms with Crippen LogP contribution in [0.25, 0.3) is 0 Å². The Morgan fingerprint density at radius 3 is 2.40 bits per heavy atom. The minimum atomic E-state index is 1.34. The topological polar surface area (TPSA) is 0 Å². The standard InChI is InChI=1S/C10H16/c1-2-3-7-10-8-5-4-6-9-10/h2-3,7H,4-6,8-9H2,1H3/b3-2+. The van der Waals surface area contributed by atoms with E-state index in [1.165, 1.54) is 32.1 Å². The number of hydrogen-bond acceptors (Lipinski definition) is 0. The van der Waals surface area contributed by atoms with Crippen molar-refractivity contribution in [3.8, 4) is 0 Å². The number of allylic oxidation sites excluding steroid dienone is 4. The Kier molecular flexibility index (Phi) is 3.28. The fourth-order valence-electron chi connectivity index (χ4n) is 1.40. The summed E-state index contributed by atoms with van der Waals surface area (Å²) in [5.74, 6) is 0. The summed E-state index contributed by atoms with van der Waals surface area (Å²) in [6, 6.07) is 0. The molecule has 0 aromatic heterocycles. The highest BCUT2D eigenvalue weighted by atomic mass is 14.1. The van der Waals surface area contributed by atoms with Crippen molar-refractivity contribution in [3.63, 3.8) is 0 Å². The van der Waals surface area contributed by atoms with Gasteiger partial charge in [0.15, 0.2) is 0 Å². The number of hydrogen-bond donors (Lipinski definition) is 0. The summed E-state index contributed by atoms with van der Waals surface area (Å²) in [7, 11) is 0. The second-order valence-electron chi connectivity index (χ2n) is 2.91. The van der Waals surface area contributed by atoms with E-state index < -0.39 is 0 Å². The van der Waals surface area contributed by atoms with Crippen molar-refractivity contribution in [2.75, 3.05) is 0 Å². The Morgan fingerprint density at radius 1 is 1.10 bits per heavy atom. The van der Waals surface area contributed by atoms with Crippen LogP contribution in [0.15, 0.2) is 23.8 Å². The zero-order valence-electron chi connectivity index (χ0n) is 6.77. The van der Waals surface area contributed by atoms with Crippen molar-refractivity contribution in [3.05, 3.63) is 23.8 Å². The monoisotopic (exact) mass is 136 g/mol. The molecular weight excluding hydrogens is 120 g/mol. The maximum absolute atomic E-state index is 2.28. The zero-order chi connectivity index (χ0) is 7.23. The molecule has 0 unspecified atom stereocenters. The third-order valence-electron chi connectivity index (χ3n) is 2.02. The second-order valence-corrected chi connectivity index (χ2v) is 2.91. The van der Waals surface area contributed by atoms with Gasteiger partial charge in [-0.15, -0.1) is 0 Å². The summed E-state index contributed by atoms with van der Waals surface area (Å²) in [5, 5.41) is 0. The largest absolute Gasteiger partial charge is 0.0877 e. The smallest absolute Gasteiger partial charge is 0.0317 e. The van der Waals surface area contributed by atoms with E-state index in [-0.39, 0.29) is 0 Å². The van der Waals surface area contributed by atoms with Gasteiger partial charge < -0.3 is 0 Å². The molecule has 1 saturated carbocycles. The molecule has 0 heterocycles. The van der Waals surface area contributed by atoms with E-state index in [9.17, 15) is 0 Å². The molecule has 56 valence electrons. The van der Waals surface area contributed by atoms with E-state index in [2.05, 4.69) is 25.2 Å². The van der Waals surface area contributed by atoms with Crippen LogP contribution < -0.4 is 0 Å². The lowest BCUT2D eigenvalue weighted by Crippen LogP contribution is -1.92. The molecule has 0 bridgehead atoms. The fourth-order valence-corrected chi connectivity index (χ4v) is 1.40. The van der Waals surface area contributed by atoms with Crippen LogP contribution in [0.4, 0.5) is 0 Å². The van der Waals surface area contributed by atoms with E-state index in [1.807, 2.05) is 0 Å². The predicted molar refractivity (Wildman–Crippen MR) is 46.0 cm³/mol. The van der Waals surface area contributed by atoms with Crippen LogP contribution >= 0.6 is 0 Å². The Labute approximate surface area is 63.6 Å². The van der Waals surface area contributed by atoms with Gasteiger partial charge >= 0.3 is 0 Å². The summed E-state index contributed by atoms with van der Waals surface area (Å²) >= 11 is 0. The Morgan fingerprint density at radius 2 is 1.80 bits per heavy atom. The van der Waals surface area contributed by atoms with Gasteiger partial charge in [0.25, 0.3) is 0 Å². The Bertz CT molecular complexity index is 132. The molecule has 1 aliphatic rings. The molecule has 1 rings (SSSR count). The van der Waals surface area contributed by atoms with Crippen molar-refractivity contribution < 1.29 is 0 Å². The molecule has 1 aliphatic carbocycles. The fraction of sp³-hybridized carbons (Fsp3) is 0.600. The minimum absolute atomic E-state index is 1.34. The van der Waals surface area contributed by atoms with Crippen molar-refractivity contribution in [2.45, 2.75) is 39.0 Å². The molecule has 0 radical (unpaired) electrons. The highest BCUT2D eigenvalue weighted by Gasteiger charge is 2.02. The van der Waals surface area contributed by atoms with Crippen LogP contribution in [0.5, 0.6) is 0 Å². The second kappa shape index (κ2) is 4.32. The first-order chi connectivity index (χ1) is 4.93. The molecule has 0 saturated heterocycles. The molecule has 0 aromatic carbocycles. The van der Waals surface area contributed by atoms with Crippen LogP contribution in [0.2, 0.25) is 0 Å². The molecule has 10 heavy (non-hydrogen) atoms. The van der Waals surface area contributed by atoms with Crippen molar-refractivity contribution >= 4 is 0 Å². The molecular formula is C10H16. The van der Waals surface area contributed by atoms with Crippen LogP contribution in [0.1, 0.15) is 39.0 Å². The lowest BCUT2D eigenvalue weighted by Gasteiger charge is -2.11. The van der Waals surface area contributed by atoms with Gasteiger partial charge in [0.05, 0.1) is 0 Å². The van der Waals surface area contributed by atoms with Gasteiger partial charge in [0, 0.05) is 0 Å². The van der Waals surface area contributed by atoms with Gasteiger partial charge in [-0.25, -0.2) is 0 Å². The minimum Gasteiger partial charge on any atom is -0.0877 e. The van der Waals surface area contributed by atoms with Gasteiger partial charge in [-0.1, -0.05) is 30.2 Å². The average Bonchev–Trinajstić information content (AvgIpc) is 2.03. The quantitative estimate of drug-likeness (QED) is 0.518. The lowest BCUT2D eigenvalue weighted by atomic mass is 9.95. The average molecular weight is 136 g/mol. The van der Waals surface area contributed by atoms with E-state index in [0.29, 0.717) is 0 Å². The normalized spacial score (nSPS) is 19.9. The zero-order valence-corrected chi connectivity index (χ0v) is 6.77. The molecule has 0 amide bonds. The van der Waals surface area contributed by atoms with Gasteiger partial charge in [0.1, 0.15) is 0 Å². The maximum atomic E-state index is 2.28. The molecule has 0 aromatic rings. The van der Waals surface area contributed by atoms with Crippen molar-refractivity contribution in [2.24, 2.45) is 0 Å². The number of rotatable bonds is 1. The highest BCUT2D eigenvalue weighted by molar-refractivity contribution is 5.13. The highest BCUT2D eigenvalue weighted by Crippen LogP contribution is 2.22. The lowest BCUT2D eigenvalue weighted by molar-refractivity contribution is 0.599. The van der Waals surface area contributed by atoms with E-state index >= 15 is 0 Å². The van der Waals surface area contributed by atoms with Crippen molar-refractivity contribution in [1.29, 1.82) is 0 Å². The van der Waals surface area contributed by atoms with E-state index in [1.54, 1.807) is 5.57 Å². The molecule has 0 spiro atoms. The van der Waals surface area contributed by atoms with Gasteiger partial charge in [-0.05, 0) is 32.6 Å². The van der Waals surface area contributed by atoms with E-state index in [4.69, 9.17) is 0 Å².